The van der Waals surface area contributed by atoms with Crippen LogP contribution < -0.4 is 0 Å². The van der Waals surface area contributed by atoms with Crippen LogP contribution in [-0.4, -0.2) is 38.7 Å². The highest BCUT2D eigenvalue weighted by atomic mass is 16.5. The smallest absolute Gasteiger partial charge is 0.312 e. The minimum absolute atomic E-state index is 1.10. The molecule has 0 aromatic carbocycles. The summed E-state index contributed by atoms with van der Waals surface area (Å²) in [6.45, 7) is 1.10. The van der Waals surface area contributed by atoms with Crippen molar-refractivity contribution in [1.29, 1.82) is 0 Å². The molecule has 6 heteroatoms. The number of hydrogen-bond donors (Lipinski definition) is 4. The number of carbonyl (C=O) groups is 2. The van der Waals surface area contributed by atoms with E-state index >= 15 is 0 Å². The maximum atomic E-state index is 10.3. The van der Waals surface area contributed by atoms with Gasteiger partial charge in [0.05, 0.1) is 5.92 Å². The predicted molar refractivity (Wildman–Crippen MR) is 36.2 cm³/mol. The number of aliphatic hydroxyl groups is 2. The lowest BCUT2D eigenvalue weighted by Gasteiger charge is -2.17. The highest BCUT2D eigenvalue weighted by Gasteiger charge is 2.35. The SMILES string of the molecule is CC(C(=O)O)C(C(=O)O)C(O)O. The number of carboxylic acids is 2. The van der Waals surface area contributed by atoms with Crippen LogP contribution in [0.1, 0.15) is 6.92 Å². The van der Waals surface area contributed by atoms with Gasteiger partial charge in [-0.2, -0.15) is 0 Å². The minimum atomic E-state index is -2.16. The largest absolute Gasteiger partial charge is 0.481 e. The summed E-state index contributed by atoms with van der Waals surface area (Å²) in [5.74, 6) is -5.94. The molecule has 4 N–H and O–H groups in total. The van der Waals surface area contributed by atoms with E-state index in [4.69, 9.17) is 20.4 Å². The summed E-state index contributed by atoms with van der Waals surface area (Å²) in [4.78, 5) is 20.6. The summed E-state index contributed by atoms with van der Waals surface area (Å²) in [5.41, 5.74) is 0. The van der Waals surface area contributed by atoms with E-state index in [0.717, 1.165) is 6.92 Å². The van der Waals surface area contributed by atoms with E-state index in [9.17, 15) is 9.59 Å². The van der Waals surface area contributed by atoms with Crippen LogP contribution in [0.3, 0.4) is 0 Å². The quantitative estimate of drug-likeness (QED) is 0.398. The molecule has 0 saturated heterocycles. The first-order valence-electron chi connectivity index (χ1n) is 3.19. The van der Waals surface area contributed by atoms with Crippen LogP contribution in [0.2, 0.25) is 0 Å². The zero-order valence-electron chi connectivity index (χ0n) is 6.34. The third-order valence-corrected chi connectivity index (χ3v) is 1.53. The van der Waals surface area contributed by atoms with Gasteiger partial charge in [-0.3, -0.25) is 9.59 Å². The molecule has 0 spiro atoms. The van der Waals surface area contributed by atoms with Crippen molar-refractivity contribution in [3.05, 3.63) is 0 Å². The molecule has 0 aliphatic carbocycles. The summed E-state index contributed by atoms with van der Waals surface area (Å²) in [6.07, 6.45) is -2.16. The van der Waals surface area contributed by atoms with Crippen LogP contribution in [0.15, 0.2) is 0 Å². The minimum Gasteiger partial charge on any atom is -0.481 e. The van der Waals surface area contributed by atoms with Crippen LogP contribution in [0.5, 0.6) is 0 Å². The van der Waals surface area contributed by atoms with Gasteiger partial charge in [-0.25, -0.2) is 0 Å². The fourth-order valence-electron chi connectivity index (χ4n) is 0.753. The fourth-order valence-corrected chi connectivity index (χ4v) is 0.753. The lowest BCUT2D eigenvalue weighted by atomic mass is 9.94. The molecule has 0 saturated carbocycles. The Bertz CT molecular complexity index is 186. The Labute approximate surface area is 68.1 Å². The van der Waals surface area contributed by atoms with Crippen molar-refractivity contribution in [1.82, 2.24) is 0 Å². The second-order valence-electron chi connectivity index (χ2n) is 2.40. The Kier molecular flexibility index (Phi) is 3.65. The summed E-state index contributed by atoms with van der Waals surface area (Å²) in [6, 6.07) is 0. The maximum Gasteiger partial charge on any atom is 0.312 e. The average molecular weight is 178 g/mol. The third-order valence-electron chi connectivity index (χ3n) is 1.53. The van der Waals surface area contributed by atoms with Crippen molar-refractivity contribution in [2.24, 2.45) is 11.8 Å². The van der Waals surface area contributed by atoms with Crippen molar-refractivity contribution >= 4 is 11.9 Å². The number of hydrogen-bond acceptors (Lipinski definition) is 4. The first-order valence-corrected chi connectivity index (χ1v) is 3.19. The zero-order valence-corrected chi connectivity index (χ0v) is 6.34. The van der Waals surface area contributed by atoms with Gasteiger partial charge in [-0.1, -0.05) is 6.92 Å². The molecular weight excluding hydrogens is 168 g/mol. The van der Waals surface area contributed by atoms with Crippen LogP contribution in [0, 0.1) is 11.8 Å². The molecule has 0 heterocycles. The van der Waals surface area contributed by atoms with Crippen molar-refractivity contribution in [3.63, 3.8) is 0 Å². The van der Waals surface area contributed by atoms with Gasteiger partial charge in [-0.05, 0) is 0 Å². The van der Waals surface area contributed by atoms with Gasteiger partial charge < -0.3 is 20.4 Å². The van der Waals surface area contributed by atoms with Crippen molar-refractivity contribution < 1.29 is 30.0 Å². The first kappa shape index (κ1) is 10.9. The maximum absolute atomic E-state index is 10.3. The van der Waals surface area contributed by atoms with Gasteiger partial charge in [0.1, 0.15) is 5.92 Å². The molecule has 12 heavy (non-hydrogen) atoms. The Morgan fingerprint density at radius 1 is 1.08 bits per heavy atom. The molecule has 0 aromatic heterocycles. The van der Waals surface area contributed by atoms with E-state index in [1.807, 2.05) is 0 Å². The summed E-state index contributed by atoms with van der Waals surface area (Å²) < 4.78 is 0. The molecular formula is C6H10O6. The first-order chi connectivity index (χ1) is 5.37. The van der Waals surface area contributed by atoms with E-state index in [-0.39, 0.29) is 0 Å². The van der Waals surface area contributed by atoms with Gasteiger partial charge in [0, 0.05) is 0 Å². The Morgan fingerprint density at radius 2 is 1.50 bits per heavy atom. The molecule has 0 aliphatic rings. The molecule has 0 aromatic rings. The highest BCUT2D eigenvalue weighted by molar-refractivity contribution is 5.79. The number of rotatable bonds is 4. The molecule has 70 valence electrons. The molecule has 0 radical (unpaired) electrons. The second kappa shape index (κ2) is 4.03. The molecule has 2 unspecified atom stereocenters. The Balaban J connectivity index is 4.51. The van der Waals surface area contributed by atoms with Crippen molar-refractivity contribution in [3.8, 4) is 0 Å². The monoisotopic (exact) mass is 178 g/mol. The van der Waals surface area contributed by atoms with E-state index in [1.165, 1.54) is 0 Å². The van der Waals surface area contributed by atoms with E-state index in [0.29, 0.717) is 0 Å². The molecule has 2 atom stereocenters. The predicted octanol–water partition coefficient (Wildman–Crippen LogP) is -1.28. The number of aliphatic carboxylic acids is 2. The van der Waals surface area contributed by atoms with Gasteiger partial charge in [0.25, 0.3) is 0 Å². The Hall–Kier alpha value is -1.14. The van der Waals surface area contributed by atoms with Gasteiger partial charge in [0.2, 0.25) is 0 Å². The highest BCUT2D eigenvalue weighted by Crippen LogP contribution is 2.15. The van der Waals surface area contributed by atoms with E-state index in [1.54, 1.807) is 0 Å². The normalized spacial score (nSPS) is 15.7. The molecule has 0 rings (SSSR count). The van der Waals surface area contributed by atoms with E-state index in [2.05, 4.69) is 0 Å². The van der Waals surface area contributed by atoms with Gasteiger partial charge in [-0.15, -0.1) is 0 Å². The standard InChI is InChI=1S/C6H10O6/c1-2(4(7)8)3(5(9)10)6(11)12/h2-3,5,9-10H,1H3,(H,7,8)(H,11,12). The average Bonchev–Trinajstić information content (AvgIpc) is 1.85. The lowest BCUT2D eigenvalue weighted by Crippen LogP contribution is -2.36. The third kappa shape index (κ3) is 2.48. The molecule has 0 bridgehead atoms. The Morgan fingerprint density at radius 3 is 1.58 bits per heavy atom. The van der Waals surface area contributed by atoms with Gasteiger partial charge >= 0.3 is 11.9 Å². The molecule has 0 amide bonds. The molecule has 6 nitrogen and oxygen atoms in total. The topological polar surface area (TPSA) is 115 Å². The number of carboxylic acid groups (broad SMARTS) is 2. The molecule has 0 aliphatic heterocycles. The second-order valence-corrected chi connectivity index (χ2v) is 2.40. The van der Waals surface area contributed by atoms with E-state index < -0.39 is 30.1 Å². The van der Waals surface area contributed by atoms with Crippen molar-refractivity contribution in [2.75, 3.05) is 0 Å². The molecule has 0 fully saturated rings. The van der Waals surface area contributed by atoms with Crippen LogP contribution in [0.4, 0.5) is 0 Å². The zero-order chi connectivity index (χ0) is 9.89. The van der Waals surface area contributed by atoms with Crippen LogP contribution >= 0.6 is 0 Å². The summed E-state index contributed by atoms with van der Waals surface area (Å²) in [5, 5.41) is 33.8. The fraction of sp³-hybridized carbons (Fsp3) is 0.667. The number of aliphatic hydroxyl groups excluding tert-OH is 1. The van der Waals surface area contributed by atoms with Crippen LogP contribution in [0.25, 0.3) is 0 Å². The summed E-state index contributed by atoms with van der Waals surface area (Å²) in [7, 11) is 0. The lowest BCUT2D eigenvalue weighted by molar-refractivity contribution is -0.172. The summed E-state index contributed by atoms with van der Waals surface area (Å²) >= 11 is 0. The van der Waals surface area contributed by atoms with Crippen molar-refractivity contribution in [2.45, 2.75) is 13.2 Å². The van der Waals surface area contributed by atoms with Gasteiger partial charge in [0.15, 0.2) is 6.29 Å². The van der Waals surface area contributed by atoms with Crippen LogP contribution in [-0.2, 0) is 9.59 Å².